The van der Waals surface area contributed by atoms with Gasteiger partial charge in [0, 0.05) is 19.8 Å². The van der Waals surface area contributed by atoms with E-state index in [4.69, 9.17) is 4.74 Å². The number of methoxy groups -OCH3 is 1. The van der Waals surface area contributed by atoms with E-state index in [2.05, 4.69) is 9.97 Å². The third-order valence-corrected chi connectivity index (χ3v) is 2.83. The maximum absolute atomic E-state index is 10.6. The second-order valence-electron chi connectivity index (χ2n) is 3.15. The van der Waals surface area contributed by atoms with Crippen LogP contribution in [0.2, 0.25) is 0 Å². The van der Waals surface area contributed by atoms with Gasteiger partial charge in [0.05, 0.1) is 12.7 Å². The standard InChI is InChI=1S/C8H13N3O4S/c1-5-9-7(11(13)14)8(10-5)16-4-6(12)3-15-2/h6,12H,3-4H2,1-2H3,(H,9,10)/t6-/m0/s1. The molecular formula is C8H13N3O4S. The second-order valence-corrected chi connectivity index (χ2v) is 4.16. The van der Waals surface area contributed by atoms with Crippen molar-refractivity contribution in [2.45, 2.75) is 18.1 Å². The van der Waals surface area contributed by atoms with E-state index in [1.165, 1.54) is 7.11 Å². The number of nitrogens with one attached hydrogen (secondary N) is 1. The van der Waals surface area contributed by atoms with Crippen LogP contribution in [-0.4, -0.2) is 45.6 Å². The number of hydrogen-bond acceptors (Lipinski definition) is 6. The normalized spacial score (nSPS) is 12.7. The minimum absolute atomic E-state index is 0.132. The van der Waals surface area contributed by atoms with Crippen LogP contribution in [0.3, 0.4) is 0 Å². The van der Waals surface area contributed by atoms with E-state index in [9.17, 15) is 15.2 Å². The lowest BCUT2D eigenvalue weighted by atomic mass is 10.4. The van der Waals surface area contributed by atoms with Gasteiger partial charge < -0.3 is 20.0 Å². The Balaban J connectivity index is 2.62. The van der Waals surface area contributed by atoms with Gasteiger partial charge in [-0.3, -0.25) is 0 Å². The zero-order valence-corrected chi connectivity index (χ0v) is 9.78. The molecule has 1 aromatic heterocycles. The Morgan fingerprint density at radius 3 is 3.00 bits per heavy atom. The molecule has 16 heavy (non-hydrogen) atoms. The predicted octanol–water partition coefficient (Wildman–Crippen LogP) is 0.726. The summed E-state index contributed by atoms with van der Waals surface area (Å²) in [4.78, 5) is 16.7. The molecule has 0 saturated heterocycles. The molecule has 1 rings (SSSR count). The van der Waals surface area contributed by atoms with E-state index >= 15 is 0 Å². The van der Waals surface area contributed by atoms with Gasteiger partial charge in [0.1, 0.15) is 0 Å². The van der Waals surface area contributed by atoms with Crippen LogP contribution in [0.4, 0.5) is 5.82 Å². The first-order valence-corrected chi connectivity index (χ1v) is 5.54. The lowest BCUT2D eigenvalue weighted by Gasteiger charge is -2.06. The van der Waals surface area contributed by atoms with Gasteiger partial charge in [-0.15, -0.1) is 0 Å². The van der Waals surface area contributed by atoms with Gasteiger partial charge in [-0.2, -0.15) is 4.98 Å². The number of aromatic nitrogens is 2. The molecular weight excluding hydrogens is 234 g/mol. The van der Waals surface area contributed by atoms with Gasteiger partial charge in [-0.05, 0) is 4.92 Å². The monoisotopic (exact) mass is 247 g/mol. The molecule has 0 amide bonds. The summed E-state index contributed by atoms with van der Waals surface area (Å²) < 4.78 is 4.75. The van der Waals surface area contributed by atoms with Gasteiger partial charge in [0.2, 0.25) is 0 Å². The second kappa shape index (κ2) is 5.83. The highest BCUT2D eigenvalue weighted by atomic mass is 32.2. The van der Waals surface area contributed by atoms with Crippen LogP contribution < -0.4 is 0 Å². The first-order valence-electron chi connectivity index (χ1n) is 4.55. The molecule has 1 atom stereocenters. The first-order chi connectivity index (χ1) is 7.54. The Labute approximate surface area is 96.4 Å². The van der Waals surface area contributed by atoms with Crippen molar-refractivity contribution in [2.75, 3.05) is 19.5 Å². The van der Waals surface area contributed by atoms with E-state index < -0.39 is 11.0 Å². The smallest absolute Gasteiger partial charge is 0.354 e. The van der Waals surface area contributed by atoms with Gasteiger partial charge >= 0.3 is 5.82 Å². The molecule has 0 radical (unpaired) electrons. The minimum atomic E-state index is -0.661. The largest absolute Gasteiger partial charge is 0.390 e. The highest BCUT2D eigenvalue weighted by Crippen LogP contribution is 2.26. The number of hydrogen-bond donors (Lipinski definition) is 2. The maximum atomic E-state index is 10.6. The van der Waals surface area contributed by atoms with Crippen molar-refractivity contribution in [3.05, 3.63) is 15.9 Å². The topological polar surface area (TPSA) is 101 Å². The summed E-state index contributed by atoms with van der Waals surface area (Å²) in [5.41, 5.74) is 0. The van der Waals surface area contributed by atoms with Crippen LogP contribution in [-0.2, 0) is 4.74 Å². The molecule has 1 aromatic rings. The number of aliphatic hydroxyl groups is 1. The van der Waals surface area contributed by atoms with Crippen molar-refractivity contribution in [3.8, 4) is 0 Å². The van der Waals surface area contributed by atoms with Crippen LogP contribution in [0.25, 0.3) is 0 Å². The van der Waals surface area contributed by atoms with Crippen LogP contribution in [0.5, 0.6) is 0 Å². The Hall–Kier alpha value is -1.12. The fraction of sp³-hybridized carbons (Fsp3) is 0.625. The van der Waals surface area contributed by atoms with E-state index in [0.29, 0.717) is 11.6 Å². The number of nitro groups is 1. The number of ether oxygens (including phenoxy) is 1. The van der Waals surface area contributed by atoms with E-state index in [0.717, 1.165) is 11.8 Å². The number of rotatable bonds is 6. The van der Waals surface area contributed by atoms with Gasteiger partial charge in [0.25, 0.3) is 0 Å². The molecule has 0 aliphatic rings. The van der Waals surface area contributed by atoms with Crippen molar-refractivity contribution in [2.24, 2.45) is 0 Å². The van der Waals surface area contributed by atoms with Gasteiger partial charge in [0.15, 0.2) is 10.9 Å². The Kier molecular flexibility index (Phi) is 4.71. The number of nitrogens with zero attached hydrogens (tertiary/aromatic N) is 2. The highest BCUT2D eigenvalue weighted by Gasteiger charge is 2.19. The molecule has 7 nitrogen and oxygen atoms in total. The molecule has 2 N–H and O–H groups in total. The lowest BCUT2D eigenvalue weighted by molar-refractivity contribution is -0.392. The molecule has 1 heterocycles. The van der Waals surface area contributed by atoms with Crippen molar-refractivity contribution in [1.29, 1.82) is 0 Å². The molecule has 0 saturated carbocycles. The molecule has 0 aliphatic heterocycles. The molecule has 8 heteroatoms. The summed E-state index contributed by atoms with van der Waals surface area (Å²) in [5, 5.41) is 20.3. The zero-order chi connectivity index (χ0) is 12.1. The summed E-state index contributed by atoms with van der Waals surface area (Å²) >= 11 is 1.13. The molecule has 0 unspecified atom stereocenters. The molecule has 0 spiro atoms. The maximum Gasteiger partial charge on any atom is 0.354 e. The third-order valence-electron chi connectivity index (χ3n) is 1.73. The van der Waals surface area contributed by atoms with Crippen molar-refractivity contribution < 1.29 is 14.8 Å². The highest BCUT2D eigenvalue weighted by molar-refractivity contribution is 7.99. The Morgan fingerprint density at radius 1 is 1.75 bits per heavy atom. The summed E-state index contributed by atoms with van der Waals surface area (Å²) in [6.45, 7) is 1.84. The number of H-pyrrole nitrogens is 1. The van der Waals surface area contributed by atoms with Crippen LogP contribution >= 0.6 is 11.8 Å². The summed E-state index contributed by atoms with van der Waals surface area (Å²) in [6, 6.07) is 0. The van der Waals surface area contributed by atoms with Crippen LogP contribution in [0, 0.1) is 17.0 Å². The average Bonchev–Trinajstić information content (AvgIpc) is 2.57. The molecule has 0 aliphatic carbocycles. The first kappa shape index (κ1) is 12.9. The fourth-order valence-corrected chi connectivity index (χ4v) is 2.01. The van der Waals surface area contributed by atoms with Crippen molar-refractivity contribution in [1.82, 2.24) is 9.97 Å². The predicted molar refractivity (Wildman–Crippen MR) is 58.6 cm³/mol. The molecule has 0 fully saturated rings. The Morgan fingerprint density at radius 2 is 2.44 bits per heavy atom. The fourth-order valence-electron chi connectivity index (χ4n) is 1.10. The Bertz CT molecular complexity index is 368. The summed E-state index contributed by atoms with van der Waals surface area (Å²) in [5.74, 6) is 0.654. The zero-order valence-electron chi connectivity index (χ0n) is 8.97. The molecule has 90 valence electrons. The quantitative estimate of drug-likeness (QED) is 0.436. The third kappa shape index (κ3) is 3.47. The van der Waals surface area contributed by atoms with Crippen molar-refractivity contribution >= 4 is 17.6 Å². The SMILES string of the molecule is COC[C@H](O)CSc1nc(C)[nH]c1[N+](=O)[O-]. The molecule has 0 bridgehead atoms. The number of aryl methyl sites for hydroxylation is 1. The minimum Gasteiger partial charge on any atom is -0.390 e. The van der Waals surface area contributed by atoms with E-state index in [-0.39, 0.29) is 17.5 Å². The summed E-state index contributed by atoms with van der Waals surface area (Å²) in [7, 11) is 1.48. The van der Waals surface area contributed by atoms with E-state index in [1.807, 2.05) is 0 Å². The lowest BCUT2D eigenvalue weighted by Crippen LogP contribution is -2.16. The number of imidazole rings is 1. The average molecular weight is 247 g/mol. The van der Waals surface area contributed by atoms with E-state index in [1.54, 1.807) is 6.92 Å². The van der Waals surface area contributed by atoms with Gasteiger partial charge in [-0.1, -0.05) is 11.8 Å². The molecule has 0 aromatic carbocycles. The van der Waals surface area contributed by atoms with Crippen LogP contribution in [0.1, 0.15) is 5.82 Å². The number of aliphatic hydroxyl groups excluding tert-OH is 1. The summed E-state index contributed by atoms with van der Waals surface area (Å²) in [6.07, 6.45) is -0.661. The number of aromatic amines is 1. The van der Waals surface area contributed by atoms with Crippen LogP contribution in [0.15, 0.2) is 5.03 Å². The van der Waals surface area contributed by atoms with Crippen molar-refractivity contribution in [3.63, 3.8) is 0 Å². The number of thioether (sulfide) groups is 1. The van der Waals surface area contributed by atoms with Gasteiger partial charge in [-0.25, -0.2) is 4.98 Å².